The minimum Gasteiger partial charge on any atom is -0.303 e. The van der Waals surface area contributed by atoms with Crippen molar-refractivity contribution in [3.63, 3.8) is 0 Å². The van der Waals surface area contributed by atoms with E-state index >= 15 is 0 Å². The first-order valence-corrected chi connectivity index (χ1v) is 7.09. The molecular formula is C15H12N2O2S. The Morgan fingerprint density at radius 3 is 2.65 bits per heavy atom. The number of urea groups is 1. The molecule has 0 aliphatic carbocycles. The molecule has 0 spiro atoms. The minimum atomic E-state index is -0.375. The summed E-state index contributed by atoms with van der Waals surface area (Å²) in [6.45, 7) is 0.284. The summed E-state index contributed by atoms with van der Waals surface area (Å²) in [6, 6.07) is 11.0. The van der Waals surface area contributed by atoms with Gasteiger partial charge in [-0.25, -0.2) is 4.79 Å². The Morgan fingerprint density at radius 2 is 1.95 bits per heavy atom. The second kappa shape index (κ2) is 5.30. The van der Waals surface area contributed by atoms with Crippen molar-refractivity contribution in [2.75, 3.05) is 0 Å². The number of thiophene rings is 1. The largest absolute Gasteiger partial charge is 0.329 e. The molecule has 1 aliphatic heterocycles. The Bertz CT molecular complexity index is 662. The van der Waals surface area contributed by atoms with Crippen LogP contribution in [-0.4, -0.2) is 16.8 Å². The maximum Gasteiger partial charge on any atom is 0.329 e. The zero-order valence-electron chi connectivity index (χ0n) is 10.6. The number of nitrogens with one attached hydrogen (secondary N) is 1. The maximum atomic E-state index is 12.2. The Labute approximate surface area is 120 Å². The van der Waals surface area contributed by atoms with Gasteiger partial charge in [-0.05, 0) is 34.0 Å². The average Bonchev–Trinajstić information content (AvgIpc) is 3.05. The van der Waals surface area contributed by atoms with Crippen molar-refractivity contribution in [3.05, 3.63) is 64.0 Å². The van der Waals surface area contributed by atoms with Crippen LogP contribution in [0.1, 0.15) is 11.1 Å². The monoisotopic (exact) mass is 284 g/mol. The van der Waals surface area contributed by atoms with Gasteiger partial charge < -0.3 is 5.32 Å². The van der Waals surface area contributed by atoms with Crippen molar-refractivity contribution >= 4 is 29.4 Å². The van der Waals surface area contributed by atoms with Gasteiger partial charge in [-0.2, -0.15) is 11.3 Å². The lowest BCUT2D eigenvalue weighted by molar-refractivity contribution is -0.123. The van der Waals surface area contributed by atoms with Crippen molar-refractivity contribution < 1.29 is 9.59 Å². The van der Waals surface area contributed by atoms with Gasteiger partial charge in [0.1, 0.15) is 5.70 Å². The number of amides is 3. The maximum absolute atomic E-state index is 12.2. The molecule has 1 fully saturated rings. The van der Waals surface area contributed by atoms with Gasteiger partial charge in [0.05, 0.1) is 6.54 Å². The molecule has 1 N–H and O–H groups in total. The lowest BCUT2D eigenvalue weighted by Crippen LogP contribution is -2.30. The molecule has 5 heteroatoms. The number of nitrogens with zero attached hydrogens (tertiary/aromatic N) is 1. The molecule has 4 nitrogen and oxygen atoms in total. The predicted molar refractivity (Wildman–Crippen MR) is 77.8 cm³/mol. The Balaban J connectivity index is 1.81. The van der Waals surface area contributed by atoms with E-state index in [4.69, 9.17) is 0 Å². The van der Waals surface area contributed by atoms with Crippen molar-refractivity contribution in [3.8, 4) is 0 Å². The van der Waals surface area contributed by atoms with Gasteiger partial charge in [0.2, 0.25) is 0 Å². The standard InChI is InChI=1S/C15H12N2O2S/c18-14-13(8-12-6-7-20-10-12)16-15(19)17(14)9-11-4-2-1-3-5-11/h1-8,10H,9H2,(H,16,19)/b13-8+. The van der Waals surface area contributed by atoms with E-state index in [1.54, 1.807) is 17.4 Å². The van der Waals surface area contributed by atoms with Crippen LogP contribution < -0.4 is 5.32 Å². The van der Waals surface area contributed by atoms with E-state index in [9.17, 15) is 9.59 Å². The molecular weight excluding hydrogens is 272 g/mol. The quantitative estimate of drug-likeness (QED) is 0.696. The first-order valence-electron chi connectivity index (χ1n) is 6.15. The number of rotatable bonds is 3. The summed E-state index contributed by atoms with van der Waals surface area (Å²) >= 11 is 1.55. The van der Waals surface area contributed by atoms with E-state index in [0.717, 1.165) is 11.1 Å². The van der Waals surface area contributed by atoms with E-state index < -0.39 is 0 Å². The van der Waals surface area contributed by atoms with Crippen LogP contribution in [0.4, 0.5) is 4.79 Å². The molecule has 0 atom stereocenters. The number of benzene rings is 1. The SMILES string of the molecule is O=C1N/C(=C/c2ccsc2)C(=O)N1Cc1ccccc1. The van der Waals surface area contributed by atoms with Crippen LogP contribution in [-0.2, 0) is 11.3 Å². The number of carbonyl (C=O) groups excluding carboxylic acids is 2. The molecule has 2 heterocycles. The smallest absolute Gasteiger partial charge is 0.303 e. The summed E-state index contributed by atoms with van der Waals surface area (Å²) < 4.78 is 0. The molecule has 3 amide bonds. The highest BCUT2D eigenvalue weighted by Gasteiger charge is 2.33. The molecule has 0 radical (unpaired) electrons. The fourth-order valence-electron chi connectivity index (χ4n) is 2.00. The van der Waals surface area contributed by atoms with Gasteiger partial charge in [-0.3, -0.25) is 9.69 Å². The summed E-state index contributed by atoms with van der Waals surface area (Å²) in [7, 11) is 0. The molecule has 1 aliphatic rings. The number of hydrogen-bond donors (Lipinski definition) is 1. The van der Waals surface area contributed by atoms with Crippen molar-refractivity contribution in [1.29, 1.82) is 0 Å². The van der Waals surface area contributed by atoms with Crippen LogP contribution in [0, 0.1) is 0 Å². The molecule has 20 heavy (non-hydrogen) atoms. The molecule has 1 aromatic heterocycles. The lowest BCUT2D eigenvalue weighted by atomic mass is 10.2. The van der Waals surface area contributed by atoms with Gasteiger partial charge in [0, 0.05) is 0 Å². The molecule has 100 valence electrons. The molecule has 1 saturated heterocycles. The Morgan fingerprint density at radius 1 is 1.15 bits per heavy atom. The van der Waals surface area contributed by atoms with Gasteiger partial charge in [-0.1, -0.05) is 30.3 Å². The highest BCUT2D eigenvalue weighted by Crippen LogP contribution is 2.17. The second-order valence-corrected chi connectivity index (χ2v) is 5.20. The van der Waals surface area contributed by atoms with E-state index in [-0.39, 0.29) is 18.5 Å². The third-order valence-electron chi connectivity index (χ3n) is 3.00. The van der Waals surface area contributed by atoms with E-state index in [1.165, 1.54) is 4.90 Å². The van der Waals surface area contributed by atoms with Crippen LogP contribution in [0.3, 0.4) is 0 Å². The van der Waals surface area contributed by atoms with E-state index in [0.29, 0.717) is 5.70 Å². The lowest BCUT2D eigenvalue weighted by Gasteiger charge is -2.11. The molecule has 3 rings (SSSR count). The summed E-state index contributed by atoms with van der Waals surface area (Å²) in [5, 5.41) is 6.46. The van der Waals surface area contributed by atoms with Crippen molar-refractivity contribution in [1.82, 2.24) is 10.2 Å². The van der Waals surface area contributed by atoms with Crippen LogP contribution in [0.5, 0.6) is 0 Å². The first kappa shape index (κ1) is 12.6. The highest BCUT2D eigenvalue weighted by molar-refractivity contribution is 7.08. The van der Waals surface area contributed by atoms with E-state index in [1.807, 2.05) is 47.2 Å². The summed E-state index contributed by atoms with van der Waals surface area (Å²) in [6.07, 6.45) is 1.70. The fraction of sp³-hybridized carbons (Fsp3) is 0.0667. The average molecular weight is 284 g/mol. The summed E-state index contributed by atoms with van der Waals surface area (Å²) in [4.78, 5) is 25.3. The van der Waals surface area contributed by atoms with Gasteiger partial charge in [0.25, 0.3) is 5.91 Å². The van der Waals surface area contributed by atoms with Crippen molar-refractivity contribution in [2.45, 2.75) is 6.54 Å². The molecule has 0 unspecified atom stereocenters. The Kier molecular flexibility index (Phi) is 3.35. The zero-order valence-corrected chi connectivity index (χ0v) is 11.4. The topological polar surface area (TPSA) is 49.4 Å². The number of carbonyl (C=O) groups is 2. The fourth-order valence-corrected chi connectivity index (χ4v) is 2.62. The molecule has 2 aromatic rings. The van der Waals surface area contributed by atoms with Crippen LogP contribution >= 0.6 is 11.3 Å². The second-order valence-electron chi connectivity index (χ2n) is 4.42. The molecule has 1 aromatic carbocycles. The Hall–Kier alpha value is -2.40. The van der Waals surface area contributed by atoms with Crippen LogP contribution in [0.25, 0.3) is 6.08 Å². The number of hydrogen-bond acceptors (Lipinski definition) is 3. The molecule has 0 saturated carbocycles. The highest BCUT2D eigenvalue weighted by atomic mass is 32.1. The van der Waals surface area contributed by atoms with Crippen molar-refractivity contribution in [2.24, 2.45) is 0 Å². The molecule has 0 bridgehead atoms. The predicted octanol–water partition coefficient (Wildman–Crippen LogP) is 2.84. The third-order valence-corrected chi connectivity index (χ3v) is 3.70. The van der Waals surface area contributed by atoms with Gasteiger partial charge in [-0.15, -0.1) is 0 Å². The third kappa shape index (κ3) is 2.48. The van der Waals surface area contributed by atoms with E-state index in [2.05, 4.69) is 5.32 Å². The van der Waals surface area contributed by atoms with Crippen LogP contribution in [0.2, 0.25) is 0 Å². The van der Waals surface area contributed by atoms with Gasteiger partial charge in [0.15, 0.2) is 0 Å². The zero-order chi connectivity index (χ0) is 13.9. The minimum absolute atomic E-state index is 0.284. The first-order chi connectivity index (χ1) is 9.74. The van der Waals surface area contributed by atoms with Gasteiger partial charge >= 0.3 is 6.03 Å². The normalized spacial score (nSPS) is 16.8. The van der Waals surface area contributed by atoms with Crippen LogP contribution in [0.15, 0.2) is 52.9 Å². The number of imide groups is 1. The summed E-state index contributed by atoms with van der Waals surface area (Å²) in [5.74, 6) is -0.287. The summed E-state index contributed by atoms with van der Waals surface area (Å²) in [5.41, 5.74) is 2.16.